The minimum Gasteiger partial charge on any atom is -0.444 e. The molecular weight excluding hydrogens is 406 g/mol. The number of hydrogen-bond acceptors (Lipinski definition) is 5. The van der Waals surface area contributed by atoms with Crippen LogP contribution in [0.1, 0.15) is 57.7 Å². The highest BCUT2D eigenvalue weighted by Gasteiger charge is 2.26. The Morgan fingerprint density at radius 2 is 1.91 bits per heavy atom. The maximum absolute atomic E-state index is 12.6. The van der Waals surface area contributed by atoms with E-state index in [0.717, 1.165) is 35.5 Å². The number of likely N-dealkylation sites (N-methyl/N-ethyl adjacent to an activating group) is 1. The van der Waals surface area contributed by atoms with E-state index in [1.54, 1.807) is 40.9 Å². The van der Waals surface area contributed by atoms with Gasteiger partial charge in [-0.3, -0.25) is 14.8 Å². The van der Waals surface area contributed by atoms with Crippen LogP contribution in [0.3, 0.4) is 0 Å². The minimum absolute atomic E-state index is 0.276. The fourth-order valence-corrected chi connectivity index (χ4v) is 2.69. The van der Waals surface area contributed by atoms with Crippen molar-refractivity contribution in [2.24, 2.45) is 0 Å². The van der Waals surface area contributed by atoms with Crippen LogP contribution >= 0.6 is 0 Å². The topological polar surface area (TPSA) is 99.4 Å². The SMILES string of the molecule is CCCNc1[nH]ncc1C#Cc1ccccc1CNC(=O)[C@H](C)N(C)C(=O)OC(C)(C)C. The van der Waals surface area contributed by atoms with Crippen LogP contribution in [0.5, 0.6) is 0 Å². The van der Waals surface area contributed by atoms with Gasteiger partial charge in [0.05, 0.1) is 11.8 Å². The summed E-state index contributed by atoms with van der Waals surface area (Å²) in [5, 5.41) is 13.1. The highest BCUT2D eigenvalue weighted by molar-refractivity contribution is 5.85. The monoisotopic (exact) mass is 439 g/mol. The normalized spacial score (nSPS) is 11.7. The highest BCUT2D eigenvalue weighted by Crippen LogP contribution is 2.13. The van der Waals surface area contributed by atoms with Gasteiger partial charge in [0.25, 0.3) is 0 Å². The molecule has 0 saturated carbocycles. The zero-order chi connectivity index (χ0) is 23.7. The average Bonchev–Trinajstić information content (AvgIpc) is 3.20. The Morgan fingerprint density at radius 1 is 1.22 bits per heavy atom. The van der Waals surface area contributed by atoms with Gasteiger partial charge in [0, 0.05) is 25.7 Å². The van der Waals surface area contributed by atoms with Gasteiger partial charge in [0.1, 0.15) is 17.5 Å². The second kappa shape index (κ2) is 11.2. The van der Waals surface area contributed by atoms with Gasteiger partial charge in [-0.25, -0.2) is 4.79 Å². The number of nitrogens with one attached hydrogen (secondary N) is 3. The Kier molecular flexibility index (Phi) is 8.71. The number of hydrogen-bond donors (Lipinski definition) is 3. The van der Waals surface area contributed by atoms with E-state index in [2.05, 4.69) is 39.6 Å². The van der Waals surface area contributed by atoms with Crippen LogP contribution in [0.4, 0.5) is 10.6 Å². The summed E-state index contributed by atoms with van der Waals surface area (Å²) in [6, 6.07) is 6.94. The van der Waals surface area contributed by atoms with Crippen molar-refractivity contribution in [3.8, 4) is 11.8 Å². The molecule has 2 amide bonds. The van der Waals surface area contributed by atoms with E-state index in [4.69, 9.17) is 4.74 Å². The third-order valence-electron chi connectivity index (χ3n) is 4.64. The summed E-state index contributed by atoms with van der Waals surface area (Å²) in [4.78, 5) is 26.1. The van der Waals surface area contributed by atoms with Gasteiger partial charge in [-0.15, -0.1) is 0 Å². The van der Waals surface area contributed by atoms with Gasteiger partial charge >= 0.3 is 6.09 Å². The molecule has 1 heterocycles. The van der Waals surface area contributed by atoms with Gasteiger partial charge in [-0.1, -0.05) is 37.0 Å². The van der Waals surface area contributed by atoms with Crippen LogP contribution in [0, 0.1) is 11.8 Å². The second-order valence-electron chi connectivity index (χ2n) is 8.48. The van der Waals surface area contributed by atoms with Crippen LogP contribution in [-0.4, -0.2) is 52.3 Å². The largest absolute Gasteiger partial charge is 0.444 e. The summed E-state index contributed by atoms with van der Waals surface area (Å²) in [5.74, 6) is 6.82. The molecule has 0 saturated heterocycles. The minimum atomic E-state index is -0.679. The lowest BCUT2D eigenvalue weighted by Gasteiger charge is -2.28. The predicted octanol–water partition coefficient (Wildman–Crippen LogP) is 3.50. The van der Waals surface area contributed by atoms with Crippen molar-refractivity contribution < 1.29 is 14.3 Å². The van der Waals surface area contributed by atoms with Gasteiger partial charge in [0.2, 0.25) is 5.91 Å². The number of aromatic nitrogens is 2. The Hall–Kier alpha value is -3.47. The highest BCUT2D eigenvalue weighted by atomic mass is 16.6. The van der Waals surface area contributed by atoms with E-state index in [-0.39, 0.29) is 5.91 Å². The van der Waals surface area contributed by atoms with E-state index in [0.29, 0.717) is 6.54 Å². The molecule has 0 bridgehead atoms. The first-order chi connectivity index (χ1) is 15.1. The second-order valence-corrected chi connectivity index (χ2v) is 8.48. The summed E-state index contributed by atoms with van der Waals surface area (Å²) < 4.78 is 5.33. The lowest BCUT2D eigenvalue weighted by Crippen LogP contribution is -2.47. The Morgan fingerprint density at radius 3 is 2.59 bits per heavy atom. The zero-order valence-electron chi connectivity index (χ0n) is 19.7. The molecule has 0 aliphatic carbocycles. The summed E-state index contributed by atoms with van der Waals surface area (Å²) in [6.45, 7) is 10.2. The molecule has 8 nitrogen and oxygen atoms in total. The van der Waals surface area contributed by atoms with Crippen molar-refractivity contribution >= 4 is 17.8 Å². The molecule has 2 rings (SSSR count). The number of H-pyrrole nitrogens is 1. The molecule has 0 spiro atoms. The number of anilines is 1. The van der Waals surface area contributed by atoms with E-state index < -0.39 is 17.7 Å². The van der Waals surface area contributed by atoms with Crippen molar-refractivity contribution in [3.05, 3.63) is 47.2 Å². The Bertz CT molecular complexity index is 981. The van der Waals surface area contributed by atoms with Crippen LogP contribution in [0.25, 0.3) is 0 Å². The van der Waals surface area contributed by atoms with E-state index >= 15 is 0 Å². The number of carbonyl (C=O) groups excluding carboxylic acids is 2. The Labute approximate surface area is 190 Å². The van der Waals surface area contributed by atoms with Crippen LogP contribution in [-0.2, 0) is 16.1 Å². The molecule has 0 fully saturated rings. The molecule has 2 aromatic rings. The van der Waals surface area contributed by atoms with Crippen LogP contribution in [0.15, 0.2) is 30.5 Å². The van der Waals surface area contributed by atoms with Crippen molar-refractivity contribution in [1.29, 1.82) is 0 Å². The lowest BCUT2D eigenvalue weighted by molar-refractivity contribution is -0.125. The van der Waals surface area contributed by atoms with E-state index in [9.17, 15) is 9.59 Å². The summed E-state index contributed by atoms with van der Waals surface area (Å²) in [7, 11) is 1.55. The summed E-state index contributed by atoms with van der Waals surface area (Å²) in [6.07, 6.45) is 2.14. The van der Waals surface area contributed by atoms with Gasteiger partial charge in [0.15, 0.2) is 0 Å². The van der Waals surface area contributed by atoms with Crippen molar-refractivity contribution in [1.82, 2.24) is 20.4 Å². The number of rotatable bonds is 7. The standard InChI is InChI=1S/C24H33N5O3/c1-7-14-25-21-20(16-27-28-21)13-12-18-10-8-9-11-19(18)15-26-22(30)17(2)29(6)23(31)32-24(3,4)5/h8-11,16-17H,7,14-15H2,1-6H3,(H,26,30)(H2,25,27,28)/t17-/m0/s1. The third-order valence-corrected chi connectivity index (χ3v) is 4.64. The maximum Gasteiger partial charge on any atom is 0.410 e. The first kappa shape index (κ1) is 24.8. The number of nitrogens with zero attached hydrogens (tertiary/aromatic N) is 2. The molecule has 32 heavy (non-hydrogen) atoms. The zero-order valence-corrected chi connectivity index (χ0v) is 19.7. The van der Waals surface area contributed by atoms with Crippen molar-refractivity contribution in [2.75, 3.05) is 18.9 Å². The quantitative estimate of drug-likeness (QED) is 0.574. The molecular formula is C24H33N5O3. The molecule has 3 N–H and O–H groups in total. The number of aromatic amines is 1. The van der Waals surface area contributed by atoms with E-state index in [1.807, 2.05) is 24.3 Å². The predicted molar refractivity (Wildman–Crippen MR) is 125 cm³/mol. The molecule has 0 aliphatic rings. The molecule has 1 aromatic heterocycles. The van der Waals surface area contributed by atoms with Gasteiger partial charge < -0.3 is 15.4 Å². The fourth-order valence-electron chi connectivity index (χ4n) is 2.69. The molecule has 0 radical (unpaired) electrons. The molecule has 8 heteroatoms. The Balaban J connectivity index is 2.04. The fraction of sp³-hybridized carbons (Fsp3) is 0.458. The molecule has 0 aliphatic heterocycles. The van der Waals surface area contributed by atoms with E-state index in [1.165, 1.54) is 4.90 Å². The first-order valence-electron chi connectivity index (χ1n) is 10.7. The molecule has 0 unspecified atom stereocenters. The van der Waals surface area contributed by atoms with Crippen LogP contribution < -0.4 is 10.6 Å². The number of carbonyl (C=O) groups is 2. The summed E-state index contributed by atoms with van der Waals surface area (Å²) >= 11 is 0. The summed E-state index contributed by atoms with van der Waals surface area (Å²) in [5.41, 5.74) is 1.85. The smallest absolute Gasteiger partial charge is 0.410 e. The van der Waals surface area contributed by atoms with Gasteiger partial charge in [-0.2, -0.15) is 5.10 Å². The van der Waals surface area contributed by atoms with Crippen molar-refractivity contribution in [3.63, 3.8) is 0 Å². The van der Waals surface area contributed by atoms with Crippen LogP contribution in [0.2, 0.25) is 0 Å². The van der Waals surface area contributed by atoms with Gasteiger partial charge in [-0.05, 0) is 45.7 Å². The third kappa shape index (κ3) is 7.34. The lowest BCUT2D eigenvalue weighted by atomic mass is 10.1. The number of ether oxygens (including phenoxy) is 1. The number of benzene rings is 1. The molecule has 1 atom stereocenters. The molecule has 1 aromatic carbocycles. The van der Waals surface area contributed by atoms with Crippen molar-refractivity contribution in [2.45, 2.75) is 59.2 Å². The number of amides is 2. The maximum atomic E-state index is 12.6. The first-order valence-corrected chi connectivity index (χ1v) is 10.7. The average molecular weight is 440 g/mol. The molecule has 172 valence electrons.